The molecule has 0 radical (unpaired) electrons. The van der Waals surface area contributed by atoms with E-state index in [0.29, 0.717) is 6.42 Å². The van der Waals surface area contributed by atoms with Crippen LogP contribution in [0.1, 0.15) is 52.2 Å². The van der Waals surface area contributed by atoms with Gasteiger partial charge >= 0.3 is 6.03 Å². The van der Waals surface area contributed by atoms with E-state index in [-0.39, 0.29) is 11.3 Å². The lowest BCUT2D eigenvalue weighted by Crippen LogP contribution is -2.42. The fourth-order valence-corrected chi connectivity index (χ4v) is 2.21. The topological polar surface area (TPSA) is 61.8 Å². The molecule has 1 atom stereocenters. The van der Waals surface area contributed by atoms with Crippen LogP contribution in [-0.2, 0) is 10.2 Å². The van der Waals surface area contributed by atoms with E-state index in [1.807, 2.05) is 31.2 Å². The van der Waals surface area contributed by atoms with E-state index in [1.54, 1.807) is 6.92 Å². The highest BCUT2D eigenvalue weighted by atomic mass is 16.2. The van der Waals surface area contributed by atoms with Crippen molar-refractivity contribution in [3.63, 3.8) is 0 Å². The predicted octanol–water partition coefficient (Wildman–Crippen LogP) is 3.04. The average Bonchev–Trinajstić information content (AvgIpc) is 2.67. The highest BCUT2D eigenvalue weighted by Crippen LogP contribution is 2.23. The summed E-state index contributed by atoms with van der Waals surface area (Å²) in [6.45, 7) is 10.0. The van der Waals surface area contributed by atoms with Crippen LogP contribution in [0, 0.1) is 0 Å². The molecule has 0 aliphatic carbocycles. The lowest BCUT2D eigenvalue weighted by atomic mass is 9.87. The van der Waals surface area contributed by atoms with Gasteiger partial charge in [-0.1, -0.05) is 52.0 Å². The Bertz CT molecular complexity index is 614. The Morgan fingerprint density at radius 3 is 2.27 bits per heavy atom. The maximum atomic E-state index is 12.2. The molecule has 0 spiro atoms. The lowest BCUT2D eigenvalue weighted by Gasteiger charge is -2.18. The molecule has 118 valence electrons. The molecule has 3 amide bonds. The quantitative estimate of drug-likeness (QED) is 0.689. The zero-order valence-corrected chi connectivity index (χ0v) is 13.8. The van der Waals surface area contributed by atoms with Crippen molar-refractivity contribution in [2.24, 2.45) is 5.10 Å². The van der Waals surface area contributed by atoms with Crippen LogP contribution in [-0.4, -0.2) is 28.7 Å². The number of hydrogen-bond donors (Lipinski definition) is 1. The van der Waals surface area contributed by atoms with Gasteiger partial charge in [-0.05, 0) is 29.9 Å². The fourth-order valence-electron chi connectivity index (χ4n) is 2.21. The van der Waals surface area contributed by atoms with Gasteiger partial charge in [0.2, 0.25) is 0 Å². The second kappa shape index (κ2) is 5.55. The van der Waals surface area contributed by atoms with Gasteiger partial charge in [-0.3, -0.25) is 4.79 Å². The number of hydrazone groups is 1. The van der Waals surface area contributed by atoms with Gasteiger partial charge in [0.15, 0.2) is 0 Å². The summed E-state index contributed by atoms with van der Waals surface area (Å²) in [4.78, 5) is 24.1. The molecule has 1 heterocycles. The van der Waals surface area contributed by atoms with Crippen LogP contribution in [0.3, 0.4) is 0 Å². The first kappa shape index (κ1) is 16.2. The van der Waals surface area contributed by atoms with Crippen LogP contribution in [0.2, 0.25) is 0 Å². The third-order valence-corrected chi connectivity index (χ3v) is 4.05. The van der Waals surface area contributed by atoms with Crippen LogP contribution in [0.4, 0.5) is 4.79 Å². The number of rotatable bonds is 3. The van der Waals surface area contributed by atoms with Crippen molar-refractivity contribution in [3.05, 3.63) is 35.4 Å². The Balaban J connectivity index is 2.16. The maximum Gasteiger partial charge on any atom is 0.346 e. The molecule has 0 bridgehead atoms. The Kier molecular flexibility index (Phi) is 4.09. The maximum absolute atomic E-state index is 12.2. The van der Waals surface area contributed by atoms with Gasteiger partial charge in [0, 0.05) is 0 Å². The zero-order chi connectivity index (χ0) is 16.5. The highest BCUT2D eigenvalue weighted by Gasteiger charge is 2.46. The first-order valence-electron chi connectivity index (χ1n) is 7.48. The van der Waals surface area contributed by atoms with Crippen LogP contribution >= 0.6 is 0 Å². The molecular weight excluding hydrogens is 278 g/mol. The lowest BCUT2D eigenvalue weighted by molar-refractivity contribution is -0.130. The molecule has 1 aliphatic rings. The van der Waals surface area contributed by atoms with Gasteiger partial charge < -0.3 is 5.32 Å². The molecule has 1 N–H and O–H groups in total. The van der Waals surface area contributed by atoms with Crippen LogP contribution < -0.4 is 5.32 Å². The smallest absolute Gasteiger partial charge is 0.322 e. The van der Waals surface area contributed by atoms with Gasteiger partial charge in [-0.15, -0.1) is 5.01 Å². The van der Waals surface area contributed by atoms with E-state index in [0.717, 1.165) is 10.6 Å². The van der Waals surface area contributed by atoms with Gasteiger partial charge in [0.25, 0.3) is 5.91 Å². The molecule has 0 aromatic heterocycles. The molecule has 1 unspecified atom stereocenters. The van der Waals surface area contributed by atoms with Crippen molar-refractivity contribution in [1.29, 1.82) is 0 Å². The summed E-state index contributed by atoms with van der Waals surface area (Å²) in [6.07, 6.45) is 2.06. The Hall–Kier alpha value is -2.17. The summed E-state index contributed by atoms with van der Waals surface area (Å²) >= 11 is 0. The van der Waals surface area contributed by atoms with Gasteiger partial charge in [-0.2, -0.15) is 5.10 Å². The van der Waals surface area contributed by atoms with Crippen molar-refractivity contribution in [1.82, 2.24) is 10.3 Å². The summed E-state index contributed by atoms with van der Waals surface area (Å²) in [5.74, 6) is -0.317. The van der Waals surface area contributed by atoms with Crippen molar-refractivity contribution >= 4 is 18.2 Å². The SMILES string of the molecule is CCC1(C)NC(=O)N(N=Cc2ccc(C(C)(C)C)cc2)C1=O. The van der Waals surface area contributed by atoms with Gasteiger partial charge in [-0.25, -0.2) is 4.79 Å². The second-order valence-electron chi connectivity index (χ2n) is 6.85. The number of amides is 3. The number of nitrogens with zero attached hydrogens (tertiary/aromatic N) is 2. The summed E-state index contributed by atoms with van der Waals surface area (Å²) in [6, 6.07) is 7.45. The molecule has 2 rings (SSSR count). The molecule has 1 fully saturated rings. The molecule has 22 heavy (non-hydrogen) atoms. The fraction of sp³-hybridized carbons (Fsp3) is 0.471. The number of imide groups is 1. The molecule has 5 nitrogen and oxygen atoms in total. The highest BCUT2D eigenvalue weighted by molar-refractivity contribution is 6.07. The van der Waals surface area contributed by atoms with Crippen LogP contribution in [0.5, 0.6) is 0 Å². The molecule has 0 saturated carbocycles. The number of carbonyl (C=O) groups excluding carboxylic acids is 2. The molecule has 1 aromatic carbocycles. The monoisotopic (exact) mass is 301 g/mol. The number of nitrogens with one attached hydrogen (secondary N) is 1. The minimum absolute atomic E-state index is 0.0867. The van der Waals surface area contributed by atoms with Gasteiger partial charge in [0.05, 0.1) is 6.21 Å². The molecule has 1 aliphatic heterocycles. The minimum atomic E-state index is -0.857. The Labute approximate surface area is 131 Å². The molecule has 1 saturated heterocycles. The third kappa shape index (κ3) is 3.03. The number of hydrogen-bond acceptors (Lipinski definition) is 3. The van der Waals surface area contributed by atoms with E-state index in [9.17, 15) is 9.59 Å². The third-order valence-electron chi connectivity index (χ3n) is 4.05. The number of urea groups is 1. The molecular formula is C17H23N3O2. The van der Waals surface area contributed by atoms with E-state index in [2.05, 4.69) is 31.2 Å². The summed E-state index contributed by atoms with van der Waals surface area (Å²) in [7, 11) is 0. The van der Waals surface area contributed by atoms with Crippen molar-refractivity contribution < 1.29 is 9.59 Å². The summed E-state index contributed by atoms with van der Waals surface area (Å²) in [5.41, 5.74) is 1.30. The standard InChI is InChI=1S/C17H23N3O2/c1-6-17(5)14(21)20(15(22)19-17)18-11-12-7-9-13(10-8-12)16(2,3)4/h7-11H,6H2,1-5H3,(H,19,22). The first-order chi connectivity index (χ1) is 10.2. The molecule has 5 heteroatoms. The molecule has 1 aromatic rings. The van der Waals surface area contributed by atoms with Crippen molar-refractivity contribution in [2.75, 3.05) is 0 Å². The number of benzene rings is 1. The van der Waals surface area contributed by atoms with Crippen LogP contribution in [0.25, 0.3) is 0 Å². The average molecular weight is 301 g/mol. The van der Waals surface area contributed by atoms with Gasteiger partial charge in [0.1, 0.15) is 5.54 Å². The normalized spacial score (nSPS) is 22.5. The van der Waals surface area contributed by atoms with Crippen LogP contribution in [0.15, 0.2) is 29.4 Å². The van der Waals surface area contributed by atoms with E-state index < -0.39 is 11.6 Å². The van der Waals surface area contributed by atoms with E-state index >= 15 is 0 Å². The van der Waals surface area contributed by atoms with E-state index in [1.165, 1.54) is 11.8 Å². The summed E-state index contributed by atoms with van der Waals surface area (Å²) < 4.78 is 0. The second-order valence-corrected chi connectivity index (χ2v) is 6.85. The van der Waals surface area contributed by atoms with E-state index in [4.69, 9.17) is 0 Å². The largest absolute Gasteiger partial charge is 0.346 e. The number of carbonyl (C=O) groups is 2. The summed E-state index contributed by atoms with van der Waals surface area (Å²) in [5, 5.41) is 7.61. The Morgan fingerprint density at radius 1 is 1.23 bits per heavy atom. The predicted molar refractivity (Wildman–Crippen MR) is 86.8 cm³/mol. The Morgan fingerprint density at radius 2 is 1.82 bits per heavy atom. The van der Waals surface area contributed by atoms with Crippen molar-refractivity contribution in [3.8, 4) is 0 Å². The zero-order valence-electron chi connectivity index (χ0n) is 13.8. The minimum Gasteiger partial charge on any atom is -0.322 e. The first-order valence-corrected chi connectivity index (χ1v) is 7.48. The van der Waals surface area contributed by atoms with Crippen molar-refractivity contribution in [2.45, 2.75) is 52.0 Å².